The molecule has 2 aliphatic rings. The fourth-order valence-electron chi connectivity index (χ4n) is 5.18. The molecule has 1 heterocycles. The normalized spacial score (nSPS) is 26.4. The Bertz CT molecular complexity index is 1270. The first-order chi connectivity index (χ1) is 18.1. The van der Waals surface area contributed by atoms with Gasteiger partial charge in [-0.05, 0) is 60.9 Å². The molecule has 0 radical (unpaired) electrons. The van der Waals surface area contributed by atoms with Crippen LogP contribution in [-0.2, 0) is 16.0 Å². The van der Waals surface area contributed by atoms with Crippen molar-refractivity contribution in [3.05, 3.63) is 45.6 Å². The molecule has 0 aromatic heterocycles. The molecule has 1 amide bonds. The number of aliphatic hydroxyl groups excluding tert-OH is 3. The average molecular weight is 547 g/mol. The molecule has 2 aromatic carbocycles. The molecule has 206 valence electrons. The molecule has 1 saturated heterocycles. The molecular weight excluding hydrogens is 512 g/mol. The third-order valence-corrected chi connectivity index (χ3v) is 7.84. The van der Waals surface area contributed by atoms with Gasteiger partial charge < -0.3 is 40.2 Å². The van der Waals surface area contributed by atoms with E-state index >= 15 is 0 Å². The summed E-state index contributed by atoms with van der Waals surface area (Å²) in [5.41, 5.74) is 3.33. The van der Waals surface area contributed by atoms with Crippen LogP contribution in [0, 0.1) is 0 Å². The lowest BCUT2D eigenvalue weighted by Gasteiger charge is -2.40. The Morgan fingerprint density at radius 2 is 1.79 bits per heavy atom. The van der Waals surface area contributed by atoms with Crippen LogP contribution >= 0.6 is 11.8 Å². The number of rotatable bonds is 6. The van der Waals surface area contributed by atoms with Gasteiger partial charge in [0.25, 0.3) is 0 Å². The summed E-state index contributed by atoms with van der Waals surface area (Å²) in [4.78, 5) is 25.6. The van der Waals surface area contributed by atoms with Crippen molar-refractivity contribution in [2.45, 2.75) is 68.3 Å². The number of methoxy groups -OCH3 is 2. The highest BCUT2D eigenvalue weighted by molar-refractivity contribution is 7.98. The number of fused-ring (bicyclic) bond motifs is 3. The molecule has 11 heteroatoms. The minimum Gasteiger partial charge on any atom is -0.492 e. The lowest BCUT2D eigenvalue weighted by Crippen LogP contribution is -2.58. The van der Waals surface area contributed by atoms with E-state index in [1.54, 1.807) is 19.1 Å². The fraction of sp³-hybridized carbons (Fsp3) is 0.481. The Morgan fingerprint density at radius 1 is 1.08 bits per heavy atom. The van der Waals surface area contributed by atoms with Gasteiger partial charge in [-0.15, -0.1) is 11.8 Å². The van der Waals surface area contributed by atoms with E-state index < -0.39 is 36.7 Å². The number of anilines is 1. The van der Waals surface area contributed by atoms with Crippen molar-refractivity contribution in [3.8, 4) is 22.6 Å². The van der Waals surface area contributed by atoms with Crippen LogP contribution in [0.5, 0.6) is 11.5 Å². The van der Waals surface area contributed by atoms with Gasteiger partial charge in [-0.3, -0.25) is 9.59 Å². The molecule has 38 heavy (non-hydrogen) atoms. The SMILES string of the molecule is COc1c(NC2O[C@@H](C)[C@H](O)[C@@H](O)[C@H]2O)cc2c(c1OC)-c1ccc(SC)c(=O)cc1[C@@H](NC(C)=O)CC2. The van der Waals surface area contributed by atoms with Crippen molar-refractivity contribution in [2.24, 2.45) is 0 Å². The minimum atomic E-state index is -1.40. The standard InChI is InChI=1S/C27H34N2O8S/c1-12-22(32)23(33)24(34)27(37-12)29-18-10-14-6-8-17(28-13(2)30)16-11-19(31)20(38-5)9-7-15(16)21(14)26(36-4)25(18)35-3/h7,9-12,17,22-24,27,29,32-34H,6,8H2,1-5H3,(H,28,30)/t12-,17-,22-,23+,24+,27?/m0/s1. The summed E-state index contributed by atoms with van der Waals surface area (Å²) in [7, 11) is 3.00. The van der Waals surface area contributed by atoms with E-state index in [1.807, 2.05) is 18.4 Å². The first-order valence-electron chi connectivity index (χ1n) is 12.3. The Hall–Kier alpha value is -2.83. The van der Waals surface area contributed by atoms with Crippen LogP contribution < -0.4 is 25.5 Å². The molecule has 2 aromatic rings. The molecular formula is C27H34N2O8S. The summed E-state index contributed by atoms with van der Waals surface area (Å²) in [6, 6.07) is 6.66. The third kappa shape index (κ3) is 5.21. The van der Waals surface area contributed by atoms with Crippen LogP contribution in [-0.4, -0.2) is 72.3 Å². The average Bonchev–Trinajstić information content (AvgIpc) is 3.13. The van der Waals surface area contributed by atoms with Crippen molar-refractivity contribution < 1.29 is 34.3 Å². The summed E-state index contributed by atoms with van der Waals surface area (Å²) < 4.78 is 17.4. The summed E-state index contributed by atoms with van der Waals surface area (Å²) >= 11 is 1.35. The van der Waals surface area contributed by atoms with Gasteiger partial charge in [0.15, 0.2) is 23.2 Å². The molecule has 0 spiro atoms. The second-order valence-electron chi connectivity index (χ2n) is 9.47. The maximum Gasteiger partial charge on any atom is 0.217 e. The second-order valence-corrected chi connectivity index (χ2v) is 10.3. The predicted octanol–water partition coefficient (Wildman–Crippen LogP) is 1.82. The number of hydrogen-bond donors (Lipinski definition) is 5. The quantitative estimate of drug-likeness (QED) is 0.340. The summed E-state index contributed by atoms with van der Waals surface area (Å²) in [5, 5.41) is 37.0. The highest BCUT2D eigenvalue weighted by Crippen LogP contribution is 2.49. The molecule has 4 rings (SSSR count). The van der Waals surface area contributed by atoms with Gasteiger partial charge in [-0.1, -0.05) is 6.07 Å². The number of hydrogen-bond acceptors (Lipinski definition) is 10. The number of nitrogens with one attached hydrogen (secondary N) is 2. The van der Waals surface area contributed by atoms with E-state index in [4.69, 9.17) is 14.2 Å². The number of thioether (sulfide) groups is 1. The van der Waals surface area contributed by atoms with Crippen LogP contribution in [0.2, 0.25) is 0 Å². The van der Waals surface area contributed by atoms with Crippen LogP contribution in [0.1, 0.15) is 37.4 Å². The molecule has 1 aliphatic heterocycles. The number of amides is 1. The van der Waals surface area contributed by atoms with E-state index in [2.05, 4.69) is 10.6 Å². The van der Waals surface area contributed by atoms with Gasteiger partial charge in [0.1, 0.15) is 18.3 Å². The second kappa shape index (κ2) is 11.5. The van der Waals surface area contributed by atoms with Crippen molar-refractivity contribution >= 4 is 23.4 Å². The fourth-order valence-corrected chi connectivity index (χ4v) is 5.64. The zero-order chi connectivity index (χ0) is 27.7. The maximum atomic E-state index is 13.0. The Labute approximate surface area is 225 Å². The van der Waals surface area contributed by atoms with Gasteiger partial charge in [0.05, 0.1) is 36.9 Å². The van der Waals surface area contributed by atoms with Gasteiger partial charge >= 0.3 is 0 Å². The first kappa shape index (κ1) is 28.2. The summed E-state index contributed by atoms with van der Waals surface area (Å²) in [5.74, 6) is 0.528. The topological polar surface area (TPSA) is 147 Å². The van der Waals surface area contributed by atoms with Gasteiger partial charge in [0.2, 0.25) is 5.91 Å². The number of carbonyl (C=O) groups is 1. The van der Waals surface area contributed by atoms with Crippen molar-refractivity contribution in [1.29, 1.82) is 0 Å². The summed E-state index contributed by atoms with van der Waals surface area (Å²) in [6.45, 7) is 3.05. The van der Waals surface area contributed by atoms with Crippen LogP contribution in [0.25, 0.3) is 11.1 Å². The van der Waals surface area contributed by atoms with Gasteiger partial charge in [-0.25, -0.2) is 0 Å². The Kier molecular flexibility index (Phi) is 8.53. The smallest absolute Gasteiger partial charge is 0.217 e. The van der Waals surface area contributed by atoms with E-state index in [1.165, 1.54) is 32.9 Å². The highest BCUT2D eigenvalue weighted by Gasteiger charge is 2.42. The number of benzene rings is 1. The number of aryl methyl sites for hydroxylation is 1. The van der Waals surface area contributed by atoms with E-state index in [-0.39, 0.29) is 11.3 Å². The van der Waals surface area contributed by atoms with Gasteiger partial charge in [0, 0.05) is 12.5 Å². The van der Waals surface area contributed by atoms with Crippen LogP contribution in [0.15, 0.2) is 34.0 Å². The molecule has 6 atom stereocenters. The first-order valence-corrected chi connectivity index (χ1v) is 13.6. The van der Waals surface area contributed by atoms with Crippen LogP contribution in [0.3, 0.4) is 0 Å². The molecule has 0 bridgehead atoms. The zero-order valence-electron chi connectivity index (χ0n) is 22.0. The van der Waals surface area contributed by atoms with E-state index in [0.29, 0.717) is 40.5 Å². The van der Waals surface area contributed by atoms with Crippen LogP contribution in [0.4, 0.5) is 5.69 Å². The number of ether oxygens (including phenoxy) is 3. The molecule has 0 saturated carbocycles. The lowest BCUT2D eigenvalue weighted by atomic mass is 9.94. The number of aliphatic hydroxyl groups is 3. The van der Waals surface area contributed by atoms with Crippen molar-refractivity contribution in [3.63, 3.8) is 0 Å². The zero-order valence-corrected chi connectivity index (χ0v) is 22.8. The summed E-state index contributed by atoms with van der Waals surface area (Å²) in [6.07, 6.45) is -2.90. The number of carbonyl (C=O) groups excluding carboxylic acids is 1. The minimum absolute atomic E-state index is 0.139. The Balaban J connectivity index is 1.90. The van der Waals surface area contributed by atoms with Crippen molar-refractivity contribution in [2.75, 3.05) is 25.8 Å². The predicted molar refractivity (Wildman–Crippen MR) is 144 cm³/mol. The molecule has 5 N–H and O–H groups in total. The highest BCUT2D eigenvalue weighted by atomic mass is 32.2. The molecule has 1 fully saturated rings. The molecule has 10 nitrogen and oxygen atoms in total. The maximum absolute atomic E-state index is 13.0. The van der Waals surface area contributed by atoms with Crippen molar-refractivity contribution in [1.82, 2.24) is 5.32 Å². The van der Waals surface area contributed by atoms with Gasteiger partial charge in [-0.2, -0.15) is 0 Å². The monoisotopic (exact) mass is 546 g/mol. The lowest BCUT2D eigenvalue weighted by molar-refractivity contribution is -0.209. The Morgan fingerprint density at radius 3 is 2.42 bits per heavy atom. The third-order valence-electron chi connectivity index (χ3n) is 7.06. The molecule has 1 aliphatic carbocycles. The largest absolute Gasteiger partial charge is 0.492 e. The molecule has 1 unspecified atom stereocenters. The van der Waals surface area contributed by atoms with E-state index in [0.717, 1.165) is 16.7 Å². The van der Waals surface area contributed by atoms with E-state index in [9.17, 15) is 24.9 Å².